The summed E-state index contributed by atoms with van der Waals surface area (Å²) in [4.78, 5) is 2.38. The Morgan fingerprint density at radius 3 is 2.18 bits per heavy atom. The molecule has 3 heteroatoms. The van der Waals surface area contributed by atoms with E-state index >= 15 is 0 Å². The highest BCUT2D eigenvalue weighted by Gasteiger charge is 2.30. The van der Waals surface area contributed by atoms with Gasteiger partial charge in [-0.25, -0.2) is 0 Å². The van der Waals surface area contributed by atoms with Crippen LogP contribution in [-0.4, -0.2) is 28.7 Å². The summed E-state index contributed by atoms with van der Waals surface area (Å²) in [6, 6.07) is 29.4. The highest BCUT2D eigenvalue weighted by molar-refractivity contribution is 5.33. The number of nitrogens with two attached hydrogens (primary N) is 1. The van der Waals surface area contributed by atoms with Gasteiger partial charge in [0.25, 0.3) is 0 Å². The second-order valence-electron chi connectivity index (χ2n) is 7.75. The Morgan fingerprint density at radius 2 is 1.46 bits per heavy atom. The summed E-state index contributed by atoms with van der Waals surface area (Å²) in [7, 11) is 0. The zero-order valence-electron chi connectivity index (χ0n) is 16.1. The van der Waals surface area contributed by atoms with Gasteiger partial charge in [0.15, 0.2) is 0 Å². The predicted molar refractivity (Wildman–Crippen MR) is 114 cm³/mol. The Morgan fingerprint density at radius 1 is 0.857 bits per heavy atom. The number of aliphatic hydroxyl groups excluding tert-OH is 1. The maximum Gasteiger partial charge on any atom is 0.0821 e. The van der Waals surface area contributed by atoms with Gasteiger partial charge in [0.1, 0.15) is 0 Å². The number of benzene rings is 3. The molecule has 0 bridgehead atoms. The SMILES string of the molecule is N[C@@H](Cc1ccccc1)[C@@H](O)CN1Cc2ccccc2CC1c1ccccc1. The van der Waals surface area contributed by atoms with Crippen LogP contribution in [0.25, 0.3) is 0 Å². The van der Waals surface area contributed by atoms with E-state index in [9.17, 15) is 5.11 Å². The average molecular weight is 373 g/mol. The molecule has 0 spiro atoms. The van der Waals surface area contributed by atoms with E-state index in [1.807, 2.05) is 18.2 Å². The fourth-order valence-electron chi connectivity index (χ4n) is 4.17. The summed E-state index contributed by atoms with van der Waals surface area (Å²) < 4.78 is 0. The van der Waals surface area contributed by atoms with Gasteiger partial charge >= 0.3 is 0 Å². The maximum absolute atomic E-state index is 10.9. The second kappa shape index (κ2) is 8.70. The summed E-state index contributed by atoms with van der Waals surface area (Å²) in [6.07, 6.45) is 1.07. The van der Waals surface area contributed by atoms with Gasteiger partial charge in [-0.3, -0.25) is 4.90 Å². The minimum absolute atomic E-state index is 0.259. The fraction of sp³-hybridized carbons (Fsp3) is 0.280. The summed E-state index contributed by atoms with van der Waals surface area (Å²) >= 11 is 0. The molecule has 1 aliphatic heterocycles. The van der Waals surface area contributed by atoms with Gasteiger partial charge in [0.05, 0.1) is 6.10 Å². The van der Waals surface area contributed by atoms with Gasteiger partial charge < -0.3 is 10.8 Å². The minimum atomic E-state index is -0.573. The van der Waals surface area contributed by atoms with E-state index in [0.29, 0.717) is 13.0 Å². The van der Waals surface area contributed by atoms with Gasteiger partial charge in [-0.1, -0.05) is 84.9 Å². The molecule has 0 fully saturated rings. The maximum atomic E-state index is 10.9. The quantitative estimate of drug-likeness (QED) is 0.693. The summed E-state index contributed by atoms with van der Waals surface area (Å²) in [5.41, 5.74) is 11.6. The van der Waals surface area contributed by atoms with Crippen LogP contribution in [-0.2, 0) is 19.4 Å². The third-order valence-corrected chi connectivity index (χ3v) is 5.76. The highest BCUT2D eigenvalue weighted by Crippen LogP contribution is 2.33. The van der Waals surface area contributed by atoms with Crippen LogP contribution in [0.3, 0.4) is 0 Å². The summed E-state index contributed by atoms with van der Waals surface area (Å²) in [6.45, 7) is 1.41. The molecule has 4 rings (SSSR count). The van der Waals surface area contributed by atoms with Crippen molar-refractivity contribution in [3.05, 3.63) is 107 Å². The van der Waals surface area contributed by atoms with Crippen LogP contribution in [0.15, 0.2) is 84.9 Å². The molecule has 0 saturated carbocycles. The van der Waals surface area contributed by atoms with Crippen LogP contribution in [0, 0.1) is 0 Å². The predicted octanol–water partition coefficient (Wildman–Crippen LogP) is 3.72. The molecule has 1 heterocycles. The van der Waals surface area contributed by atoms with Crippen LogP contribution in [0.4, 0.5) is 0 Å². The lowest BCUT2D eigenvalue weighted by atomic mass is 9.89. The van der Waals surface area contributed by atoms with Crippen molar-refractivity contribution in [1.82, 2.24) is 4.90 Å². The molecule has 3 atom stereocenters. The van der Waals surface area contributed by atoms with Gasteiger partial charge in [-0.15, -0.1) is 0 Å². The molecule has 1 unspecified atom stereocenters. The number of rotatable bonds is 6. The van der Waals surface area contributed by atoms with E-state index in [2.05, 4.69) is 71.6 Å². The van der Waals surface area contributed by atoms with E-state index in [4.69, 9.17) is 5.73 Å². The van der Waals surface area contributed by atoms with E-state index < -0.39 is 6.10 Å². The van der Waals surface area contributed by atoms with Crippen molar-refractivity contribution >= 4 is 0 Å². The summed E-state index contributed by atoms with van der Waals surface area (Å²) in [5.74, 6) is 0. The van der Waals surface area contributed by atoms with Crippen LogP contribution in [0.5, 0.6) is 0 Å². The lowest BCUT2D eigenvalue weighted by Crippen LogP contribution is -2.47. The molecule has 28 heavy (non-hydrogen) atoms. The van der Waals surface area contributed by atoms with E-state index in [-0.39, 0.29) is 12.1 Å². The molecule has 0 radical (unpaired) electrons. The van der Waals surface area contributed by atoms with Gasteiger partial charge in [-0.2, -0.15) is 0 Å². The van der Waals surface area contributed by atoms with Crippen molar-refractivity contribution in [2.45, 2.75) is 37.6 Å². The van der Waals surface area contributed by atoms with Crippen molar-refractivity contribution in [2.24, 2.45) is 5.73 Å². The fourth-order valence-corrected chi connectivity index (χ4v) is 4.17. The molecule has 0 aromatic heterocycles. The molecule has 3 aromatic carbocycles. The zero-order chi connectivity index (χ0) is 19.3. The Bertz CT molecular complexity index is 881. The van der Waals surface area contributed by atoms with E-state index in [1.165, 1.54) is 16.7 Å². The number of hydrogen-bond donors (Lipinski definition) is 2. The molecule has 3 aromatic rings. The normalized spacial score (nSPS) is 19.0. The smallest absolute Gasteiger partial charge is 0.0821 e. The number of fused-ring (bicyclic) bond motifs is 1. The summed E-state index contributed by atoms with van der Waals surface area (Å²) in [5, 5.41) is 10.9. The first-order valence-corrected chi connectivity index (χ1v) is 10.0. The van der Waals surface area contributed by atoms with Crippen LogP contribution < -0.4 is 5.73 Å². The van der Waals surface area contributed by atoms with Crippen LogP contribution >= 0.6 is 0 Å². The Labute approximate surface area is 167 Å². The molecule has 144 valence electrons. The van der Waals surface area contributed by atoms with Crippen molar-refractivity contribution in [3.63, 3.8) is 0 Å². The van der Waals surface area contributed by atoms with Gasteiger partial charge in [0.2, 0.25) is 0 Å². The van der Waals surface area contributed by atoms with Crippen molar-refractivity contribution in [2.75, 3.05) is 6.54 Å². The first kappa shape index (κ1) is 18.9. The van der Waals surface area contributed by atoms with Crippen molar-refractivity contribution in [3.8, 4) is 0 Å². The molecule has 0 aliphatic carbocycles. The number of nitrogens with zero attached hydrogens (tertiary/aromatic N) is 1. The van der Waals surface area contributed by atoms with Crippen LogP contribution in [0.1, 0.15) is 28.3 Å². The second-order valence-corrected chi connectivity index (χ2v) is 7.75. The monoisotopic (exact) mass is 372 g/mol. The van der Waals surface area contributed by atoms with E-state index in [0.717, 1.165) is 18.5 Å². The first-order chi connectivity index (χ1) is 13.7. The van der Waals surface area contributed by atoms with Crippen molar-refractivity contribution in [1.29, 1.82) is 0 Å². The Kier molecular flexibility index (Phi) is 5.87. The highest BCUT2D eigenvalue weighted by atomic mass is 16.3. The number of β-amino-alcohol motifs (C(OH)–C–C–N with tert-alkyl or cyclic N) is 1. The Balaban J connectivity index is 1.52. The molecular formula is C25H28N2O. The standard InChI is InChI=1S/C25H28N2O/c26-23(15-19-9-3-1-4-10-19)25(28)18-27-17-22-14-8-7-13-21(22)16-24(27)20-11-5-2-6-12-20/h1-14,23-25,28H,15-18,26H2/t23-,24?,25-/m0/s1. The van der Waals surface area contributed by atoms with Gasteiger partial charge in [0, 0.05) is 25.2 Å². The molecule has 0 amide bonds. The molecule has 3 N–H and O–H groups in total. The molecule has 3 nitrogen and oxygen atoms in total. The largest absolute Gasteiger partial charge is 0.390 e. The number of aliphatic hydroxyl groups is 1. The van der Waals surface area contributed by atoms with Crippen LogP contribution in [0.2, 0.25) is 0 Å². The van der Waals surface area contributed by atoms with E-state index in [1.54, 1.807) is 0 Å². The third-order valence-electron chi connectivity index (χ3n) is 5.76. The number of hydrogen-bond acceptors (Lipinski definition) is 3. The topological polar surface area (TPSA) is 49.5 Å². The zero-order valence-corrected chi connectivity index (χ0v) is 16.1. The minimum Gasteiger partial charge on any atom is -0.390 e. The van der Waals surface area contributed by atoms with Crippen molar-refractivity contribution < 1.29 is 5.11 Å². The molecule has 0 saturated heterocycles. The molecular weight excluding hydrogens is 344 g/mol. The first-order valence-electron chi connectivity index (χ1n) is 10.0. The Hall–Kier alpha value is -2.46. The average Bonchev–Trinajstić information content (AvgIpc) is 2.74. The molecule has 1 aliphatic rings. The van der Waals surface area contributed by atoms with Gasteiger partial charge in [-0.05, 0) is 35.1 Å². The lowest BCUT2D eigenvalue weighted by Gasteiger charge is -2.39. The third kappa shape index (κ3) is 4.33. The lowest BCUT2D eigenvalue weighted by molar-refractivity contribution is 0.0593.